The van der Waals surface area contributed by atoms with Crippen molar-refractivity contribution in [3.63, 3.8) is 0 Å². The minimum atomic E-state index is -0.0270. The number of terminal acetylenes is 1. The predicted molar refractivity (Wildman–Crippen MR) is 76.3 cm³/mol. The lowest BCUT2D eigenvalue weighted by Gasteiger charge is -2.56. The molecule has 0 heterocycles. The molecule has 0 aliphatic heterocycles. The summed E-state index contributed by atoms with van der Waals surface area (Å²) in [5.74, 6) is 5.52. The molecule has 0 unspecified atom stereocenters. The minimum Gasteiger partial charge on any atom is -0.331 e. The molecule has 19 heavy (non-hydrogen) atoms. The average molecular weight is 259 g/mol. The predicted octanol–water partition coefficient (Wildman–Crippen LogP) is 3.07. The first-order valence-electron chi connectivity index (χ1n) is 7.89. The van der Waals surface area contributed by atoms with E-state index in [0.29, 0.717) is 12.5 Å². The molecule has 2 heteroatoms. The minimum absolute atomic E-state index is 0.0270. The van der Waals surface area contributed by atoms with Crippen LogP contribution < -0.4 is 0 Å². The van der Waals surface area contributed by atoms with E-state index in [1.54, 1.807) is 0 Å². The fourth-order valence-corrected chi connectivity index (χ4v) is 5.34. The summed E-state index contributed by atoms with van der Waals surface area (Å²) in [6, 6.07) is 0. The third-order valence-electron chi connectivity index (χ3n) is 5.55. The standard InChI is InChI=1S/C17H25NO/c1-3-5-18(6-4-2)16(19)17-10-13-7-14(11-17)9-15(8-13)12-17/h1,13-15H,4-12H2,2H3. The van der Waals surface area contributed by atoms with Crippen LogP contribution in [0, 0.1) is 35.5 Å². The van der Waals surface area contributed by atoms with Gasteiger partial charge in [0.1, 0.15) is 0 Å². The van der Waals surface area contributed by atoms with Crippen molar-refractivity contribution in [1.82, 2.24) is 4.90 Å². The zero-order valence-electron chi connectivity index (χ0n) is 12.0. The second-order valence-electron chi connectivity index (χ2n) is 7.13. The van der Waals surface area contributed by atoms with Gasteiger partial charge in [0.05, 0.1) is 12.0 Å². The monoisotopic (exact) mass is 259 g/mol. The van der Waals surface area contributed by atoms with Gasteiger partial charge in [0.2, 0.25) is 5.91 Å². The van der Waals surface area contributed by atoms with Crippen molar-refractivity contribution < 1.29 is 4.79 Å². The Hall–Kier alpha value is -0.970. The maximum absolute atomic E-state index is 13.0. The molecular weight excluding hydrogens is 234 g/mol. The summed E-state index contributed by atoms with van der Waals surface area (Å²) in [5, 5.41) is 0. The summed E-state index contributed by atoms with van der Waals surface area (Å²) < 4.78 is 0. The van der Waals surface area contributed by atoms with E-state index in [2.05, 4.69) is 12.8 Å². The molecule has 4 bridgehead atoms. The molecule has 2 nitrogen and oxygen atoms in total. The van der Waals surface area contributed by atoms with Gasteiger partial charge in [-0.3, -0.25) is 4.79 Å². The Kier molecular flexibility index (Phi) is 3.33. The van der Waals surface area contributed by atoms with Gasteiger partial charge < -0.3 is 4.90 Å². The van der Waals surface area contributed by atoms with Crippen LogP contribution in [0.2, 0.25) is 0 Å². The largest absolute Gasteiger partial charge is 0.331 e. The molecule has 4 rings (SSSR count). The van der Waals surface area contributed by atoms with Crippen LogP contribution in [-0.2, 0) is 4.79 Å². The number of rotatable bonds is 4. The highest BCUT2D eigenvalue weighted by atomic mass is 16.2. The molecule has 4 aliphatic rings. The molecule has 0 aromatic carbocycles. The third kappa shape index (κ3) is 2.18. The van der Waals surface area contributed by atoms with Gasteiger partial charge in [0.25, 0.3) is 0 Å². The zero-order valence-corrected chi connectivity index (χ0v) is 12.0. The molecule has 0 atom stereocenters. The van der Waals surface area contributed by atoms with Crippen LogP contribution in [0.15, 0.2) is 0 Å². The number of amides is 1. The molecule has 0 aromatic rings. The smallest absolute Gasteiger partial charge is 0.229 e. The Bertz CT molecular complexity index is 371. The number of hydrogen-bond donors (Lipinski definition) is 0. The van der Waals surface area contributed by atoms with Gasteiger partial charge >= 0.3 is 0 Å². The van der Waals surface area contributed by atoms with Gasteiger partial charge in [-0.15, -0.1) is 6.42 Å². The van der Waals surface area contributed by atoms with E-state index in [-0.39, 0.29) is 5.41 Å². The van der Waals surface area contributed by atoms with Crippen LogP contribution >= 0.6 is 0 Å². The molecular formula is C17H25NO. The van der Waals surface area contributed by atoms with Crippen molar-refractivity contribution in [2.75, 3.05) is 13.1 Å². The number of hydrogen-bond acceptors (Lipinski definition) is 1. The van der Waals surface area contributed by atoms with Gasteiger partial charge in [-0.2, -0.15) is 0 Å². The molecule has 104 valence electrons. The Balaban J connectivity index is 1.80. The Labute approximate surface area is 116 Å². The zero-order chi connectivity index (χ0) is 13.5. The van der Waals surface area contributed by atoms with E-state index in [4.69, 9.17) is 6.42 Å². The summed E-state index contributed by atoms with van der Waals surface area (Å²) in [4.78, 5) is 15.0. The van der Waals surface area contributed by atoms with Gasteiger partial charge in [-0.25, -0.2) is 0 Å². The number of carbonyl (C=O) groups excluding carboxylic acids is 1. The van der Waals surface area contributed by atoms with E-state index in [9.17, 15) is 4.79 Å². The van der Waals surface area contributed by atoms with Crippen LogP contribution in [0.5, 0.6) is 0 Å². The van der Waals surface area contributed by atoms with Crippen molar-refractivity contribution in [2.45, 2.75) is 51.9 Å². The lowest BCUT2D eigenvalue weighted by Crippen LogP contribution is -2.54. The Morgan fingerprint density at radius 2 is 1.74 bits per heavy atom. The van der Waals surface area contributed by atoms with Gasteiger partial charge in [-0.05, 0) is 62.7 Å². The van der Waals surface area contributed by atoms with Crippen LogP contribution in [0.1, 0.15) is 51.9 Å². The number of nitrogens with zero attached hydrogens (tertiary/aromatic N) is 1. The van der Waals surface area contributed by atoms with E-state index in [0.717, 1.165) is 50.0 Å². The molecule has 4 aliphatic carbocycles. The third-order valence-corrected chi connectivity index (χ3v) is 5.55. The second kappa shape index (κ2) is 4.85. The molecule has 0 saturated heterocycles. The average Bonchev–Trinajstić information content (AvgIpc) is 2.36. The van der Waals surface area contributed by atoms with Crippen LogP contribution in [0.3, 0.4) is 0 Å². The lowest BCUT2D eigenvalue weighted by atomic mass is 9.49. The summed E-state index contributed by atoms with van der Waals surface area (Å²) in [6.07, 6.45) is 14.0. The fourth-order valence-electron chi connectivity index (χ4n) is 5.34. The van der Waals surface area contributed by atoms with E-state index in [1.165, 1.54) is 19.3 Å². The second-order valence-corrected chi connectivity index (χ2v) is 7.13. The molecule has 0 N–H and O–H groups in total. The van der Waals surface area contributed by atoms with Gasteiger partial charge in [0.15, 0.2) is 0 Å². The highest BCUT2D eigenvalue weighted by molar-refractivity contribution is 5.83. The summed E-state index contributed by atoms with van der Waals surface area (Å²) in [6.45, 7) is 3.44. The van der Waals surface area contributed by atoms with E-state index < -0.39 is 0 Å². The van der Waals surface area contributed by atoms with Crippen molar-refractivity contribution in [3.05, 3.63) is 0 Å². The normalized spacial score (nSPS) is 39.1. The summed E-state index contributed by atoms with van der Waals surface area (Å²) in [7, 11) is 0. The van der Waals surface area contributed by atoms with Crippen molar-refractivity contribution in [3.8, 4) is 12.3 Å². The fraction of sp³-hybridized carbons (Fsp3) is 0.824. The van der Waals surface area contributed by atoms with Crippen molar-refractivity contribution >= 4 is 5.91 Å². The van der Waals surface area contributed by atoms with Crippen LogP contribution in [-0.4, -0.2) is 23.9 Å². The summed E-state index contributed by atoms with van der Waals surface area (Å²) in [5.41, 5.74) is -0.0270. The number of carbonyl (C=O) groups is 1. The Morgan fingerprint density at radius 1 is 1.21 bits per heavy atom. The van der Waals surface area contributed by atoms with Gasteiger partial charge in [-0.1, -0.05) is 12.8 Å². The molecule has 0 aromatic heterocycles. The van der Waals surface area contributed by atoms with E-state index >= 15 is 0 Å². The quantitative estimate of drug-likeness (QED) is 0.711. The Morgan fingerprint density at radius 3 is 2.16 bits per heavy atom. The first kappa shape index (κ1) is 13.0. The maximum atomic E-state index is 13.0. The molecule has 1 amide bonds. The lowest BCUT2D eigenvalue weighted by molar-refractivity contribution is -0.157. The highest BCUT2D eigenvalue weighted by Gasteiger charge is 2.55. The molecule has 0 spiro atoms. The molecule has 4 saturated carbocycles. The summed E-state index contributed by atoms with van der Waals surface area (Å²) >= 11 is 0. The van der Waals surface area contributed by atoms with Crippen LogP contribution in [0.25, 0.3) is 0 Å². The topological polar surface area (TPSA) is 20.3 Å². The highest BCUT2D eigenvalue weighted by Crippen LogP contribution is 2.60. The SMILES string of the molecule is C#CCN(CCC)C(=O)C12CC3CC(CC(C3)C1)C2. The first-order valence-corrected chi connectivity index (χ1v) is 7.89. The van der Waals surface area contributed by atoms with Crippen LogP contribution in [0.4, 0.5) is 0 Å². The van der Waals surface area contributed by atoms with E-state index in [1.807, 2.05) is 4.90 Å². The van der Waals surface area contributed by atoms with Crippen molar-refractivity contribution in [2.24, 2.45) is 23.2 Å². The van der Waals surface area contributed by atoms with Crippen molar-refractivity contribution in [1.29, 1.82) is 0 Å². The van der Waals surface area contributed by atoms with Gasteiger partial charge in [0, 0.05) is 6.54 Å². The molecule has 0 radical (unpaired) electrons. The molecule has 4 fully saturated rings. The first-order chi connectivity index (χ1) is 9.16. The maximum Gasteiger partial charge on any atom is 0.229 e.